The third-order valence-electron chi connectivity index (χ3n) is 6.28. The van der Waals surface area contributed by atoms with E-state index in [2.05, 4.69) is 77.1 Å². The van der Waals surface area contributed by atoms with Gasteiger partial charge >= 0.3 is 0 Å². The molecule has 0 unspecified atom stereocenters. The Kier molecular flexibility index (Phi) is 8.84. The summed E-state index contributed by atoms with van der Waals surface area (Å²) in [7, 11) is 0. The highest BCUT2D eigenvalue weighted by Gasteiger charge is 2.20. The fourth-order valence-corrected chi connectivity index (χ4v) is 4.28. The Bertz CT molecular complexity index is 997. The summed E-state index contributed by atoms with van der Waals surface area (Å²) in [4.78, 5) is 0. The number of ether oxygens (including phenoxy) is 2. The van der Waals surface area contributed by atoms with E-state index in [1.165, 1.54) is 49.5 Å². The maximum absolute atomic E-state index is 6.50. The zero-order valence-electron chi connectivity index (χ0n) is 20.9. The lowest BCUT2D eigenvalue weighted by molar-refractivity contribution is 0.307. The third-order valence-corrected chi connectivity index (χ3v) is 6.28. The van der Waals surface area contributed by atoms with Crippen molar-refractivity contribution in [2.75, 3.05) is 13.2 Å². The van der Waals surface area contributed by atoms with Crippen LogP contribution in [0.25, 0.3) is 21.5 Å². The Balaban J connectivity index is 2.06. The Hall–Kier alpha value is -2.22. The molecule has 0 atom stereocenters. The molecule has 3 aromatic carbocycles. The molecule has 174 valence electrons. The first-order valence-corrected chi connectivity index (χ1v) is 12.7. The predicted octanol–water partition coefficient (Wildman–Crippen LogP) is 9.21. The van der Waals surface area contributed by atoms with Crippen LogP contribution in [-0.4, -0.2) is 13.2 Å². The Morgan fingerprint density at radius 3 is 1.59 bits per heavy atom. The number of hydrogen-bond acceptors (Lipinski definition) is 2. The molecule has 3 aromatic rings. The molecule has 0 radical (unpaired) electrons. The molecule has 3 rings (SSSR count). The van der Waals surface area contributed by atoms with Crippen LogP contribution < -0.4 is 9.47 Å². The van der Waals surface area contributed by atoms with Crippen molar-refractivity contribution >= 4 is 21.5 Å². The molecule has 0 aromatic heterocycles. The second-order valence-electron chi connectivity index (χ2n) is 10.0. The van der Waals surface area contributed by atoms with Crippen molar-refractivity contribution in [2.24, 2.45) is 0 Å². The molecule has 0 fully saturated rings. The summed E-state index contributed by atoms with van der Waals surface area (Å²) in [6, 6.07) is 15.4. The average molecular weight is 435 g/mol. The maximum Gasteiger partial charge on any atom is 0.135 e. The van der Waals surface area contributed by atoms with Crippen molar-refractivity contribution < 1.29 is 9.47 Å². The first kappa shape index (κ1) is 24.4. The van der Waals surface area contributed by atoms with Crippen LogP contribution >= 0.6 is 0 Å². The molecule has 0 heterocycles. The average Bonchev–Trinajstić information content (AvgIpc) is 2.78. The van der Waals surface area contributed by atoms with E-state index < -0.39 is 0 Å². The van der Waals surface area contributed by atoms with Crippen molar-refractivity contribution in [3.8, 4) is 11.5 Å². The van der Waals surface area contributed by atoms with Gasteiger partial charge in [-0.25, -0.2) is 0 Å². The minimum atomic E-state index is 0.0827. The Labute approximate surface area is 195 Å². The monoisotopic (exact) mass is 434 g/mol. The van der Waals surface area contributed by atoms with Gasteiger partial charge in [-0.15, -0.1) is 0 Å². The summed E-state index contributed by atoms with van der Waals surface area (Å²) in [5, 5.41) is 4.65. The van der Waals surface area contributed by atoms with E-state index in [0.717, 1.165) is 53.7 Å². The molecule has 2 heteroatoms. The van der Waals surface area contributed by atoms with Crippen LogP contribution in [0.2, 0.25) is 0 Å². The zero-order valence-corrected chi connectivity index (χ0v) is 20.9. The second-order valence-corrected chi connectivity index (χ2v) is 10.0. The van der Waals surface area contributed by atoms with Crippen LogP contribution in [0.5, 0.6) is 11.5 Å². The zero-order chi connectivity index (χ0) is 23.0. The van der Waals surface area contributed by atoms with Crippen molar-refractivity contribution in [2.45, 2.75) is 91.4 Å². The van der Waals surface area contributed by atoms with Crippen molar-refractivity contribution in [3.05, 3.63) is 48.0 Å². The Morgan fingerprint density at radius 2 is 1.09 bits per heavy atom. The smallest absolute Gasteiger partial charge is 0.135 e. The van der Waals surface area contributed by atoms with Crippen LogP contribution in [0.1, 0.15) is 91.5 Å². The van der Waals surface area contributed by atoms with Gasteiger partial charge in [0.15, 0.2) is 0 Å². The van der Waals surface area contributed by atoms with E-state index >= 15 is 0 Å². The molecule has 0 aliphatic rings. The quantitative estimate of drug-likeness (QED) is 0.209. The van der Waals surface area contributed by atoms with Gasteiger partial charge in [0.25, 0.3) is 0 Å². The van der Waals surface area contributed by atoms with Crippen molar-refractivity contribution in [1.29, 1.82) is 0 Å². The lowest BCUT2D eigenvalue weighted by atomic mass is 9.85. The van der Waals surface area contributed by atoms with Crippen LogP contribution in [-0.2, 0) is 5.41 Å². The fourth-order valence-electron chi connectivity index (χ4n) is 4.28. The summed E-state index contributed by atoms with van der Waals surface area (Å²) in [6.07, 6.45) is 9.65. The highest BCUT2D eigenvalue weighted by atomic mass is 16.5. The van der Waals surface area contributed by atoms with Crippen LogP contribution in [0.15, 0.2) is 42.5 Å². The normalized spacial score (nSPS) is 11.9. The first-order valence-electron chi connectivity index (χ1n) is 12.7. The number of rotatable bonds is 12. The van der Waals surface area contributed by atoms with Crippen molar-refractivity contribution in [1.82, 2.24) is 0 Å². The SMILES string of the molecule is CCCCCCOc1c2ccccc2c(OCCCCCC)c2cc(C(C)(C)C)ccc12. The van der Waals surface area contributed by atoms with E-state index in [-0.39, 0.29) is 5.41 Å². The molecule has 2 nitrogen and oxygen atoms in total. The molecular weight excluding hydrogens is 392 g/mol. The van der Waals surface area contributed by atoms with Gasteiger partial charge in [0.1, 0.15) is 11.5 Å². The van der Waals surface area contributed by atoms with Gasteiger partial charge in [0.05, 0.1) is 13.2 Å². The van der Waals surface area contributed by atoms with E-state index in [0.29, 0.717) is 0 Å². The molecule has 32 heavy (non-hydrogen) atoms. The fraction of sp³-hybridized carbons (Fsp3) is 0.533. The van der Waals surface area contributed by atoms with Crippen LogP contribution in [0.4, 0.5) is 0 Å². The second kappa shape index (κ2) is 11.6. The van der Waals surface area contributed by atoms with E-state index in [1.54, 1.807) is 0 Å². The maximum atomic E-state index is 6.50. The molecule has 0 aliphatic carbocycles. The van der Waals surface area contributed by atoms with E-state index in [9.17, 15) is 0 Å². The van der Waals surface area contributed by atoms with Crippen molar-refractivity contribution in [3.63, 3.8) is 0 Å². The van der Waals surface area contributed by atoms with Gasteiger partial charge in [-0.1, -0.05) is 110 Å². The molecule has 0 N–H and O–H groups in total. The van der Waals surface area contributed by atoms with Gasteiger partial charge in [0, 0.05) is 21.5 Å². The van der Waals surface area contributed by atoms with Crippen LogP contribution in [0, 0.1) is 0 Å². The van der Waals surface area contributed by atoms with Gasteiger partial charge in [-0.3, -0.25) is 0 Å². The molecular formula is C30H42O2. The van der Waals surface area contributed by atoms with E-state index in [4.69, 9.17) is 9.47 Å². The minimum Gasteiger partial charge on any atom is -0.492 e. The lowest BCUT2D eigenvalue weighted by Gasteiger charge is -2.22. The summed E-state index contributed by atoms with van der Waals surface area (Å²) < 4.78 is 13.0. The molecule has 0 saturated heterocycles. The number of benzene rings is 3. The summed E-state index contributed by atoms with van der Waals surface area (Å²) >= 11 is 0. The molecule has 0 amide bonds. The molecule has 0 aliphatic heterocycles. The standard InChI is InChI=1S/C30H42O2/c1-6-8-10-14-20-31-28-24-16-12-13-17-25(24)29(32-21-15-11-9-7-2)27-22-23(30(3,4)5)18-19-26(27)28/h12-13,16-19,22H,6-11,14-15,20-21H2,1-5H3. The Morgan fingerprint density at radius 1 is 0.594 bits per heavy atom. The van der Waals surface area contributed by atoms with Gasteiger partial charge in [-0.2, -0.15) is 0 Å². The van der Waals surface area contributed by atoms with Gasteiger partial charge < -0.3 is 9.47 Å². The largest absolute Gasteiger partial charge is 0.492 e. The number of unbranched alkanes of at least 4 members (excludes halogenated alkanes) is 6. The topological polar surface area (TPSA) is 18.5 Å². The molecule has 0 bridgehead atoms. The highest BCUT2D eigenvalue weighted by Crippen LogP contribution is 2.44. The summed E-state index contributed by atoms with van der Waals surface area (Å²) in [5.41, 5.74) is 1.41. The molecule has 0 saturated carbocycles. The lowest BCUT2D eigenvalue weighted by Crippen LogP contribution is -2.11. The number of fused-ring (bicyclic) bond motifs is 2. The highest BCUT2D eigenvalue weighted by molar-refractivity contribution is 6.11. The predicted molar refractivity (Wildman–Crippen MR) is 139 cm³/mol. The molecule has 0 spiro atoms. The third kappa shape index (κ3) is 5.97. The van der Waals surface area contributed by atoms with Crippen LogP contribution in [0.3, 0.4) is 0 Å². The summed E-state index contributed by atoms with van der Waals surface area (Å²) in [5.74, 6) is 2.02. The van der Waals surface area contributed by atoms with Gasteiger partial charge in [0.2, 0.25) is 0 Å². The first-order chi connectivity index (χ1) is 15.5. The van der Waals surface area contributed by atoms with Gasteiger partial charge in [-0.05, 0) is 29.9 Å². The summed E-state index contributed by atoms with van der Waals surface area (Å²) in [6.45, 7) is 12.8. The minimum absolute atomic E-state index is 0.0827. The number of hydrogen-bond donors (Lipinski definition) is 0. The van der Waals surface area contributed by atoms with E-state index in [1.807, 2.05) is 0 Å².